The van der Waals surface area contributed by atoms with Gasteiger partial charge in [0.05, 0.1) is 17.5 Å². The molecule has 2 rings (SSSR count). The van der Waals surface area contributed by atoms with E-state index >= 15 is 0 Å². The summed E-state index contributed by atoms with van der Waals surface area (Å²) in [6.45, 7) is 4.49. The number of hydrogen-bond acceptors (Lipinski definition) is 2. The largest absolute Gasteiger partial charge is 0.386 e. The molecule has 1 aromatic heterocycles. The molecule has 0 radical (unpaired) electrons. The Hall–Kier alpha value is -1.39. The fourth-order valence-electron chi connectivity index (χ4n) is 2.09. The van der Waals surface area contributed by atoms with Crippen molar-refractivity contribution in [2.75, 3.05) is 0 Å². The maximum atomic E-state index is 13.7. The minimum absolute atomic E-state index is 0.203. The van der Waals surface area contributed by atoms with Crippen LogP contribution in [-0.2, 0) is 13.0 Å². The summed E-state index contributed by atoms with van der Waals surface area (Å²) >= 11 is 5.70. The molecule has 5 heteroatoms. The lowest BCUT2D eigenvalue weighted by Crippen LogP contribution is -2.10. The van der Waals surface area contributed by atoms with Crippen LogP contribution in [0, 0.1) is 12.7 Å². The Kier molecular flexibility index (Phi) is 4.22. The molecule has 1 unspecified atom stereocenters. The third-order valence-electron chi connectivity index (χ3n) is 3.00. The summed E-state index contributed by atoms with van der Waals surface area (Å²) in [5.41, 5.74) is 1.99. The molecule has 0 aliphatic heterocycles. The van der Waals surface area contributed by atoms with Gasteiger partial charge in [-0.3, -0.25) is 4.68 Å². The molecule has 1 atom stereocenters. The van der Waals surface area contributed by atoms with Crippen LogP contribution < -0.4 is 0 Å². The zero-order valence-electron chi connectivity index (χ0n) is 10.9. The highest BCUT2D eigenvalue weighted by atomic mass is 35.5. The van der Waals surface area contributed by atoms with Gasteiger partial charge in [0.1, 0.15) is 5.82 Å². The standard InChI is InChI=1S/C14H16ClFN2O/c1-3-18-13(6-9(2)17-18)14(19)7-10-4-5-11(15)8-12(10)16/h4-6,8,14,19H,3,7H2,1-2H3. The lowest BCUT2D eigenvalue weighted by molar-refractivity contribution is 0.166. The predicted octanol–water partition coefficient (Wildman–Crippen LogP) is 3.28. The normalized spacial score (nSPS) is 12.7. The second-order valence-corrected chi connectivity index (χ2v) is 4.92. The van der Waals surface area contributed by atoms with E-state index in [0.717, 1.165) is 5.69 Å². The average Bonchev–Trinajstić information content (AvgIpc) is 2.74. The molecule has 0 spiro atoms. The van der Waals surface area contributed by atoms with Crippen LogP contribution in [0.5, 0.6) is 0 Å². The van der Waals surface area contributed by atoms with Gasteiger partial charge < -0.3 is 5.11 Å². The quantitative estimate of drug-likeness (QED) is 0.934. The molecule has 0 bridgehead atoms. The first-order valence-corrected chi connectivity index (χ1v) is 6.55. The van der Waals surface area contributed by atoms with E-state index in [1.54, 1.807) is 16.8 Å². The van der Waals surface area contributed by atoms with Gasteiger partial charge in [0.2, 0.25) is 0 Å². The highest BCUT2D eigenvalue weighted by molar-refractivity contribution is 6.30. The second kappa shape index (κ2) is 5.72. The van der Waals surface area contributed by atoms with E-state index in [9.17, 15) is 9.50 Å². The number of aryl methyl sites for hydroxylation is 2. The molecule has 3 nitrogen and oxygen atoms in total. The van der Waals surface area contributed by atoms with Crippen molar-refractivity contribution in [1.82, 2.24) is 9.78 Å². The Morgan fingerprint density at radius 2 is 2.16 bits per heavy atom. The molecule has 0 aliphatic rings. The summed E-state index contributed by atoms with van der Waals surface area (Å²) in [7, 11) is 0. The summed E-state index contributed by atoms with van der Waals surface area (Å²) < 4.78 is 15.4. The van der Waals surface area contributed by atoms with Gasteiger partial charge in [-0.05, 0) is 37.6 Å². The number of halogens is 2. The third-order valence-corrected chi connectivity index (χ3v) is 3.24. The summed E-state index contributed by atoms with van der Waals surface area (Å²) in [5.74, 6) is -0.397. The molecule has 0 aliphatic carbocycles. The zero-order valence-corrected chi connectivity index (χ0v) is 11.7. The lowest BCUT2D eigenvalue weighted by atomic mass is 10.0. The van der Waals surface area contributed by atoms with Crippen LogP contribution in [-0.4, -0.2) is 14.9 Å². The van der Waals surface area contributed by atoms with Crippen LogP contribution in [0.3, 0.4) is 0 Å². The number of aliphatic hydroxyl groups excluding tert-OH is 1. The van der Waals surface area contributed by atoms with Crippen molar-refractivity contribution in [3.8, 4) is 0 Å². The smallest absolute Gasteiger partial charge is 0.127 e. The summed E-state index contributed by atoms with van der Waals surface area (Å²) in [6.07, 6.45) is -0.578. The van der Waals surface area contributed by atoms with Crippen molar-refractivity contribution in [2.24, 2.45) is 0 Å². The number of aliphatic hydroxyl groups is 1. The molecule has 0 saturated heterocycles. The van der Waals surface area contributed by atoms with Gasteiger partial charge in [0.15, 0.2) is 0 Å². The summed E-state index contributed by atoms with van der Waals surface area (Å²) in [6, 6.07) is 6.30. The molecule has 1 heterocycles. The topological polar surface area (TPSA) is 38.0 Å². The van der Waals surface area contributed by atoms with E-state index < -0.39 is 11.9 Å². The molecule has 19 heavy (non-hydrogen) atoms. The number of nitrogens with zero attached hydrogens (tertiary/aromatic N) is 2. The summed E-state index contributed by atoms with van der Waals surface area (Å²) in [4.78, 5) is 0. The first kappa shape index (κ1) is 14.0. The maximum absolute atomic E-state index is 13.7. The van der Waals surface area contributed by atoms with Crippen molar-refractivity contribution in [2.45, 2.75) is 32.9 Å². The van der Waals surface area contributed by atoms with Crippen LogP contribution in [0.4, 0.5) is 4.39 Å². The van der Waals surface area contributed by atoms with Gasteiger partial charge in [0, 0.05) is 18.0 Å². The first-order chi connectivity index (χ1) is 9.01. The highest BCUT2D eigenvalue weighted by Crippen LogP contribution is 2.22. The van der Waals surface area contributed by atoms with Crippen molar-refractivity contribution < 1.29 is 9.50 Å². The summed E-state index contributed by atoms with van der Waals surface area (Å²) in [5, 5.41) is 14.9. The maximum Gasteiger partial charge on any atom is 0.127 e. The van der Waals surface area contributed by atoms with Crippen molar-refractivity contribution in [1.29, 1.82) is 0 Å². The van der Waals surface area contributed by atoms with Crippen LogP contribution in [0.1, 0.15) is 30.0 Å². The molecule has 102 valence electrons. The Bertz CT molecular complexity index is 583. The molecular weight excluding hydrogens is 267 g/mol. The van der Waals surface area contributed by atoms with Crippen LogP contribution in [0.15, 0.2) is 24.3 Å². The highest BCUT2D eigenvalue weighted by Gasteiger charge is 2.16. The first-order valence-electron chi connectivity index (χ1n) is 6.17. The molecular formula is C14H16ClFN2O. The van der Waals surface area contributed by atoms with Crippen molar-refractivity contribution in [3.63, 3.8) is 0 Å². The van der Waals surface area contributed by atoms with E-state index in [4.69, 9.17) is 11.6 Å². The molecule has 1 aromatic carbocycles. The second-order valence-electron chi connectivity index (χ2n) is 4.48. The SMILES string of the molecule is CCn1nc(C)cc1C(O)Cc1ccc(Cl)cc1F. The third kappa shape index (κ3) is 3.14. The van der Waals surface area contributed by atoms with Crippen molar-refractivity contribution in [3.05, 3.63) is 52.1 Å². The Balaban J connectivity index is 2.22. The Labute approximate surface area is 116 Å². The molecule has 0 fully saturated rings. The molecule has 2 aromatic rings. The fraction of sp³-hybridized carbons (Fsp3) is 0.357. The van der Waals surface area contributed by atoms with Crippen LogP contribution >= 0.6 is 11.6 Å². The van der Waals surface area contributed by atoms with E-state index in [1.165, 1.54) is 6.07 Å². The minimum atomic E-state index is -0.781. The van der Waals surface area contributed by atoms with Gasteiger partial charge in [-0.15, -0.1) is 0 Å². The Morgan fingerprint density at radius 1 is 1.42 bits per heavy atom. The van der Waals surface area contributed by atoms with Gasteiger partial charge in [0.25, 0.3) is 0 Å². The average molecular weight is 283 g/mol. The predicted molar refractivity (Wildman–Crippen MR) is 72.7 cm³/mol. The van der Waals surface area contributed by atoms with Crippen LogP contribution in [0.25, 0.3) is 0 Å². The monoisotopic (exact) mass is 282 g/mol. The van der Waals surface area contributed by atoms with Gasteiger partial charge in [-0.1, -0.05) is 17.7 Å². The lowest BCUT2D eigenvalue weighted by Gasteiger charge is -2.13. The van der Waals surface area contributed by atoms with Crippen LogP contribution in [0.2, 0.25) is 5.02 Å². The number of hydrogen-bond donors (Lipinski definition) is 1. The Morgan fingerprint density at radius 3 is 2.79 bits per heavy atom. The minimum Gasteiger partial charge on any atom is -0.386 e. The van der Waals surface area contributed by atoms with E-state index in [1.807, 2.05) is 19.9 Å². The number of benzene rings is 1. The van der Waals surface area contributed by atoms with E-state index in [-0.39, 0.29) is 6.42 Å². The van der Waals surface area contributed by atoms with Gasteiger partial charge in [-0.2, -0.15) is 5.10 Å². The van der Waals surface area contributed by atoms with Gasteiger partial charge >= 0.3 is 0 Å². The fourth-order valence-corrected chi connectivity index (χ4v) is 2.25. The van der Waals surface area contributed by atoms with Gasteiger partial charge in [-0.25, -0.2) is 4.39 Å². The van der Waals surface area contributed by atoms with E-state index in [2.05, 4.69) is 5.10 Å². The van der Waals surface area contributed by atoms with Crippen molar-refractivity contribution >= 4 is 11.6 Å². The van der Waals surface area contributed by atoms with E-state index in [0.29, 0.717) is 22.8 Å². The number of rotatable bonds is 4. The molecule has 1 N–H and O–H groups in total. The molecule has 0 saturated carbocycles. The zero-order chi connectivity index (χ0) is 14.0. The number of aromatic nitrogens is 2. The molecule has 0 amide bonds.